The first kappa shape index (κ1) is 16.5. The summed E-state index contributed by atoms with van der Waals surface area (Å²) in [4.78, 5) is 2.57. The van der Waals surface area contributed by atoms with Gasteiger partial charge < -0.3 is 10.5 Å². The Morgan fingerprint density at radius 3 is 2.38 bits per heavy atom. The fourth-order valence-corrected chi connectivity index (χ4v) is 3.46. The molecule has 2 rings (SSSR count). The lowest BCUT2D eigenvalue weighted by Gasteiger charge is -2.37. The van der Waals surface area contributed by atoms with Crippen LogP contribution in [0.5, 0.6) is 0 Å². The summed E-state index contributed by atoms with van der Waals surface area (Å²) in [5, 5.41) is 0. The molecule has 0 spiro atoms. The molecule has 0 heterocycles. The van der Waals surface area contributed by atoms with E-state index in [1.54, 1.807) is 7.11 Å². The van der Waals surface area contributed by atoms with Gasteiger partial charge >= 0.3 is 0 Å². The SMILES string of the molecule is COCCN(C(CN)c1c(C)cccc1C)C(C)C1CC1. The Labute approximate surface area is 129 Å². The van der Waals surface area contributed by atoms with Crippen LogP contribution in [0.1, 0.15) is 42.5 Å². The van der Waals surface area contributed by atoms with Gasteiger partial charge in [0.05, 0.1) is 6.61 Å². The van der Waals surface area contributed by atoms with Gasteiger partial charge in [-0.1, -0.05) is 18.2 Å². The van der Waals surface area contributed by atoms with E-state index in [0.717, 1.165) is 19.1 Å². The predicted molar refractivity (Wildman–Crippen MR) is 88.5 cm³/mol. The summed E-state index contributed by atoms with van der Waals surface area (Å²) in [7, 11) is 1.77. The number of benzene rings is 1. The molecule has 0 bridgehead atoms. The average molecular weight is 290 g/mol. The number of ether oxygens (including phenoxy) is 1. The maximum atomic E-state index is 6.19. The summed E-state index contributed by atoms with van der Waals surface area (Å²) in [6, 6.07) is 7.39. The number of methoxy groups -OCH3 is 1. The number of hydrogen-bond acceptors (Lipinski definition) is 3. The van der Waals surface area contributed by atoms with Crippen molar-refractivity contribution in [2.75, 3.05) is 26.8 Å². The van der Waals surface area contributed by atoms with Crippen molar-refractivity contribution in [1.29, 1.82) is 0 Å². The van der Waals surface area contributed by atoms with Gasteiger partial charge in [0, 0.05) is 32.3 Å². The van der Waals surface area contributed by atoms with E-state index in [-0.39, 0.29) is 6.04 Å². The first-order valence-corrected chi connectivity index (χ1v) is 8.11. The number of rotatable bonds is 8. The molecule has 0 aromatic heterocycles. The van der Waals surface area contributed by atoms with Crippen molar-refractivity contribution in [3.8, 4) is 0 Å². The highest BCUT2D eigenvalue weighted by Gasteiger charge is 2.35. The average Bonchev–Trinajstić information content (AvgIpc) is 3.29. The van der Waals surface area contributed by atoms with Crippen LogP contribution in [-0.2, 0) is 4.74 Å². The predicted octanol–water partition coefficient (Wildman–Crippen LogP) is 3.05. The van der Waals surface area contributed by atoms with Crippen LogP contribution in [0.2, 0.25) is 0 Å². The maximum Gasteiger partial charge on any atom is 0.0590 e. The third kappa shape index (κ3) is 3.85. The molecule has 1 aliphatic rings. The summed E-state index contributed by atoms with van der Waals surface area (Å²) in [5.41, 5.74) is 10.3. The molecule has 0 saturated heterocycles. The minimum Gasteiger partial charge on any atom is -0.383 e. The largest absolute Gasteiger partial charge is 0.383 e. The Kier molecular flexibility index (Phi) is 5.80. The number of nitrogens with zero attached hydrogens (tertiary/aromatic N) is 1. The molecule has 0 amide bonds. The molecule has 118 valence electrons. The van der Waals surface area contributed by atoms with Gasteiger partial charge in [-0.15, -0.1) is 0 Å². The lowest BCUT2D eigenvalue weighted by Crippen LogP contribution is -2.43. The number of hydrogen-bond donors (Lipinski definition) is 1. The van der Waals surface area contributed by atoms with Crippen LogP contribution in [0.25, 0.3) is 0 Å². The van der Waals surface area contributed by atoms with E-state index in [4.69, 9.17) is 10.5 Å². The van der Waals surface area contributed by atoms with E-state index in [0.29, 0.717) is 12.6 Å². The topological polar surface area (TPSA) is 38.5 Å². The molecular weight excluding hydrogens is 260 g/mol. The van der Waals surface area contributed by atoms with E-state index < -0.39 is 0 Å². The second-order valence-corrected chi connectivity index (χ2v) is 6.37. The lowest BCUT2D eigenvalue weighted by molar-refractivity contribution is 0.0830. The molecule has 1 fully saturated rings. The molecule has 2 N–H and O–H groups in total. The molecule has 1 aromatic rings. The fraction of sp³-hybridized carbons (Fsp3) is 0.667. The van der Waals surface area contributed by atoms with Gasteiger partial charge in [0.15, 0.2) is 0 Å². The summed E-state index contributed by atoms with van der Waals surface area (Å²) in [5.74, 6) is 0.834. The van der Waals surface area contributed by atoms with Gasteiger partial charge in [-0.05, 0) is 56.2 Å². The van der Waals surface area contributed by atoms with Crippen LogP contribution in [0.3, 0.4) is 0 Å². The van der Waals surface area contributed by atoms with Crippen molar-refractivity contribution in [2.45, 2.75) is 45.7 Å². The molecule has 2 atom stereocenters. The monoisotopic (exact) mass is 290 g/mol. The zero-order valence-electron chi connectivity index (χ0n) is 13.9. The molecule has 0 aliphatic heterocycles. The Bertz CT molecular complexity index is 436. The van der Waals surface area contributed by atoms with E-state index in [9.17, 15) is 0 Å². The standard InChI is InChI=1S/C18H30N2O/c1-13-6-5-7-14(2)18(13)17(12-19)20(10-11-21-4)15(3)16-8-9-16/h5-7,15-17H,8-12,19H2,1-4H3. The van der Waals surface area contributed by atoms with Gasteiger partial charge in [0.2, 0.25) is 0 Å². The minimum absolute atomic E-state index is 0.289. The van der Waals surface area contributed by atoms with E-state index in [2.05, 4.69) is 43.9 Å². The summed E-state index contributed by atoms with van der Waals surface area (Å²) >= 11 is 0. The Morgan fingerprint density at radius 1 is 1.29 bits per heavy atom. The molecule has 21 heavy (non-hydrogen) atoms. The third-order valence-electron chi connectivity index (χ3n) is 4.88. The van der Waals surface area contributed by atoms with Crippen LogP contribution < -0.4 is 5.73 Å². The van der Waals surface area contributed by atoms with Crippen molar-refractivity contribution in [2.24, 2.45) is 11.7 Å². The molecule has 3 nitrogen and oxygen atoms in total. The molecular formula is C18H30N2O. The third-order valence-corrected chi connectivity index (χ3v) is 4.88. The van der Waals surface area contributed by atoms with Crippen LogP contribution >= 0.6 is 0 Å². The van der Waals surface area contributed by atoms with Gasteiger partial charge in [0.25, 0.3) is 0 Å². The quantitative estimate of drug-likeness (QED) is 0.800. The summed E-state index contributed by atoms with van der Waals surface area (Å²) in [6.07, 6.45) is 2.71. The molecule has 1 saturated carbocycles. The second kappa shape index (κ2) is 7.39. The van der Waals surface area contributed by atoms with Crippen molar-refractivity contribution in [3.05, 3.63) is 34.9 Å². The van der Waals surface area contributed by atoms with Gasteiger partial charge in [-0.3, -0.25) is 4.90 Å². The zero-order chi connectivity index (χ0) is 15.4. The summed E-state index contributed by atoms with van der Waals surface area (Å²) < 4.78 is 5.33. The number of aryl methyl sites for hydroxylation is 2. The highest BCUT2D eigenvalue weighted by Crippen LogP contribution is 2.38. The molecule has 0 radical (unpaired) electrons. The lowest BCUT2D eigenvalue weighted by atomic mass is 9.93. The highest BCUT2D eigenvalue weighted by atomic mass is 16.5. The molecule has 2 unspecified atom stereocenters. The van der Waals surface area contributed by atoms with Gasteiger partial charge in [-0.25, -0.2) is 0 Å². The van der Waals surface area contributed by atoms with Crippen LogP contribution in [0.15, 0.2) is 18.2 Å². The van der Waals surface area contributed by atoms with E-state index in [1.165, 1.54) is 29.5 Å². The van der Waals surface area contributed by atoms with Gasteiger partial charge in [-0.2, -0.15) is 0 Å². The van der Waals surface area contributed by atoms with Crippen LogP contribution in [-0.4, -0.2) is 37.7 Å². The van der Waals surface area contributed by atoms with Crippen molar-refractivity contribution >= 4 is 0 Å². The van der Waals surface area contributed by atoms with Crippen LogP contribution in [0.4, 0.5) is 0 Å². The second-order valence-electron chi connectivity index (χ2n) is 6.37. The highest BCUT2D eigenvalue weighted by molar-refractivity contribution is 5.36. The number of nitrogens with two attached hydrogens (primary N) is 1. The molecule has 1 aliphatic carbocycles. The van der Waals surface area contributed by atoms with E-state index >= 15 is 0 Å². The Morgan fingerprint density at radius 2 is 1.90 bits per heavy atom. The first-order valence-electron chi connectivity index (χ1n) is 8.11. The van der Waals surface area contributed by atoms with E-state index in [1.807, 2.05) is 0 Å². The minimum atomic E-state index is 0.289. The smallest absolute Gasteiger partial charge is 0.0590 e. The normalized spacial score (nSPS) is 18.0. The molecule has 3 heteroatoms. The summed E-state index contributed by atoms with van der Waals surface area (Å²) in [6.45, 7) is 9.11. The Balaban J connectivity index is 2.29. The Hall–Kier alpha value is -0.900. The zero-order valence-corrected chi connectivity index (χ0v) is 13.9. The van der Waals surface area contributed by atoms with Gasteiger partial charge in [0.1, 0.15) is 0 Å². The first-order chi connectivity index (χ1) is 10.1. The van der Waals surface area contributed by atoms with Crippen LogP contribution in [0, 0.1) is 19.8 Å². The fourth-order valence-electron chi connectivity index (χ4n) is 3.46. The van der Waals surface area contributed by atoms with Crippen molar-refractivity contribution in [1.82, 2.24) is 4.90 Å². The van der Waals surface area contributed by atoms with Crippen molar-refractivity contribution in [3.63, 3.8) is 0 Å². The molecule has 1 aromatic carbocycles. The van der Waals surface area contributed by atoms with Crippen molar-refractivity contribution < 1.29 is 4.74 Å². The maximum absolute atomic E-state index is 6.19.